The minimum atomic E-state index is -0.557. The molecular weight excluding hydrogens is 462 g/mol. The molecule has 0 aliphatic carbocycles. The Morgan fingerprint density at radius 1 is 1.09 bits per heavy atom. The number of rotatable bonds is 13. The van der Waals surface area contributed by atoms with Crippen LogP contribution >= 0.6 is 11.6 Å². The summed E-state index contributed by atoms with van der Waals surface area (Å²) in [6, 6.07) is 11.8. The highest BCUT2D eigenvalue weighted by Crippen LogP contribution is 2.20. The van der Waals surface area contributed by atoms with Crippen molar-refractivity contribution in [3.63, 3.8) is 0 Å². The largest absolute Gasteiger partial charge is 0.382 e. The van der Waals surface area contributed by atoms with E-state index in [4.69, 9.17) is 16.3 Å². The maximum Gasteiger partial charge on any atom is 0.242 e. The Labute approximate surface area is 216 Å². The lowest BCUT2D eigenvalue weighted by atomic mass is 9.94. The maximum atomic E-state index is 13.5. The number of ether oxygens (including phenoxy) is 1. The number of benzene rings is 1. The number of aromatic nitrogens is 1. The fourth-order valence-electron chi connectivity index (χ4n) is 3.94. The van der Waals surface area contributed by atoms with E-state index in [9.17, 15) is 9.59 Å². The Hall–Kier alpha value is -2.31. The second kappa shape index (κ2) is 13.7. The van der Waals surface area contributed by atoms with Crippen molar-refractivity contribution < 1.29 is 14.3 Å². The summed E-state index contributed by atoms with van der Waals surface area (Å²) in [7, 11) is 0. The normalized spacial score (nSPS) is 11.7. The molecule has 0 saturated heterocycles. The molecule has 0 aliphatic heterocycles. The average molecular weight is 504 g/mol. The first-order chi connectivity index (χ1) is 16.5. The zero-order valence-electron chi connectivity index (χ0n) is 22.2. The average Bonchev–Trinajstić information content (AvgIpc) is 3.22. The Morgan fingerprint density at radius 2 is 1.80 bits per heavy atom. The number of halogens is 1. The van der Waals surface area contributed by atoms with E-state index >= 15 is 0 Å². The van der Waals surface area contributed by atoms with Crippen molar-refractivity contribution in [1.82, 2.24) is 14.4 Å². The van der Waals surface area contributed by atoms with Gasteiger partial charge < -0.3 is 19.1 Å². The molecule has 0 unspecified atom stereocenters. The fraction of sp³-hybridized carbons (Fsp3) is 0.571. The molecule has 7 heteroatoms. The molecule has 0 N–H and O–H groups in total. The maximum absolute atomic E-state index is 13.5. The smallest absolute Gasteiger partial charge is 0.242 e. The first kappa shape index (κ1) is 28.9. The van der Waals surface area contributed by atoms with Crippen LogP contribution in [0.15, 0.2) is 42.6 Å². The van der Waals surface area contributed by atoms with Crippen LogP contribution < -0.4 is 0 Å². The molecule has 35 heavy (non-hydrogen) atoms. The van der Waals surface area contributed by atoms with Crippen LogP contribution in [-0.4, -0.2) is 59.0 Å². The first-order valence-corrected chi connectivity index (χ1v) is 12.9. The van der Waals surface area contributed by atoms with Crippen molar-refractivity contribution >= 4 is 23.4 Å². The van der Waals surface area contributed by atoms with E-state index in [1.54, 1.807) is 4.90 Å². The van der Waals surface area contributed by atoms with Gasteiger partial charge in [-0.05, 0) is 43.0 Å². The van der Waals surface area contributed by atoms with Gasteiger partial charge in [-0.25, -0.2) is 0 Å². The van der Waals surface area contributed by atoms with E-state index < -0.39 is 5.41 Å². The van der Waals surface area contributed by atoms with Crippen LogP contribution in [0.5, 0.6) is 0 Å². The van der Waals surface area contributed by atoms with Crippen LogP contribution in [-0.2, 0) is 27.4 Å². The molecule has 2 aromatic rings. The van der Waals surface area contributed by atoms with Gasteiger partial charge in [-0.1, -0.05) is 64.4 Å². The van der Waals surface area contributed by atoms with Crippen LogP contribution in [0.3, 0.4) is 0 Å². The number of amides is 2. The minimum absolute atomic E-state index is 0.0195. The molecule has 0 radical (unpaired) electrons. The van der Waals surface area contributed by atoms with Gasteiger partial charge in [0.2, 0.25) is 11.8 Å². The molecule has 0 bridgehead atoms. The molecule has 2 amide bonds. The van der Waals surface area contributed by atoms with E-state index in [2.05, 4.69) is 18.4 Å². The molecule has 2 rings (SSSR count). The minimum Gasteiger partial charge on any atom is -0.382 e. The standard InChI is InChI=1S/C28H42ClN3O3/c1-7-35-17-11-16-31(27(34)28(4,5)6)21-26(33)32(18-22(2)3)20-24-13-10-15-30(24)19-23-12-8-9-14-25(23)29/h8-10,12-15,22H,7,11,16-21H2,1-6H3. The van der Waals surface area contributed by atoms with Crippen molar-refractivity contribution in [3.8, 4) is 0 Å². The monoisotopic (exact) mass is 503 g/mol. The van der Waals surface area contributed by atoms with Crippen molar-refractivity contribution in [2.45, 2.75) is 61.1 Å². The molecule has 1 aromatic carbocycles. The third-order valence-electron chi connectivity index (χ3n) is 5.69. The molecule has 6 nitrogen and oxygen atoms in total. The zero-order chi connectivity index (χ0) is 26.0. The summed E-state index contributed by atoms with van der Waals surface area (Å²) in [6.45, 7) is 15.3. The lowest BCUT2D eigenvalue weighted by Gasteiger charge is -2.32. The van der Waals surface area contributed by atoms with Gasteiger partial charge in [0.05, 0.1) is 13.1 Å². The van der Waals surface area contributed by atoms with Gasteiger partial charge in [-0.3, -0.25) is 9.59 Å². The summed E-state index contributed by atoms with van der Waals surface area (Å²) < 4.78 is 7.58. The molecule has 0 atom stereocenters. The van der Waals surface area contributed by atoms with Crippen LogP contribution in [0.2, 0.25) is 5.02 Å². The molecule has 1 heterocycles. The van der Waals surface area contributed by atoms with Crippen molar-refractivity contribution in [2.75, 3.05) is 32.8 Å². The SMILES string of the molecule is CCOCCCN(CC(=O)N(Cc1cccn1Cc1ccccc1Cl)CC(C)C)C(=O)C(C)(C)C. The third kappa shape index (κ3) is 9.34. The van der Waals surface area contributed by atoms with Gasteiger partial charge in [0, 0.05) is 55.2 Å². The zero-order valence-corrected chi connectivity index (χ0v) is 23.0. The number of nitrogens with zero attached hydrogens (tertiary/aromatic N) is 3. The van der Waals surface area contributed by atoms with Crippen LogP contribution in [0.4, 0.5) is 0 Å². The van der Waals surface area contributed by atoms with Gasteiger partial charge in [0.1, 0.15) is 0 Å². The third-order valence-corrected chi connectivity index (χ3v) is 6.06. The van der Waals surface area contributed by atoms with Crippen LogP contribution in [0.1, 0.15) is 59.2 Å². The Balaban J connectivity index is 2.18. The van der Waals surface area contributed by atoms with E-state index in [0.29, 0.717) is 51.7 Å². The molecule has 0 fully saturated rings. The summed E-state index contributed by atoms with van der Waals surface area (Å²) in [5.41, 5.74) is 1.51. The van der Waals surface area contributed by atoms with Crippen molar-refractivity contribution in [2.24, 2.45) is 11.3 Å². The number of carbonyl (C=O) groups excluding carboxylic acids is 2. The predicted molar refractivity (Wildman–Crippen MR) is 142 cm³/mol. The van der Waals surface area contributed by atoms with Gasteiger partial charge in [0.15, 0.2) is 0 Å². The summed E-state index contributed by atoms with van der Waals surface area (Å²) in [6.07, 6.45) is 2.72. The Bertz CT molecular complexity index is 949. The number of hydrogen-bond acceptors (Lipinski definition) is 3. The van der Waals surface area contributed by atoms with Gasteiger partial charge in [-0.2, -0.15) is 0 Å². The Kier molecular flexibility index (Phi) is 11.3. The van der Waals surface area contributed by atoms with Gasteiger partial charge >= 0.3 is 0 Å². The fourth-order valence-corrected chi connectivity index (χ4v) is 4.14. The topological polar surface area (TPSA) is 54.8 Å². The summed E-state index contributed by atoms with van der Waals surface area (Å²) in [5, 5.41) is 0.727. The molecule has 194 valence electrons. The summed E-state index contributed by atoms with van der Waals surface area (Å²) in [4.78, 5) is 30.2. The lowest BCUT2D eigenvalue weighted by Crippen LogP contribution is -2.47. The number of carbonyl (C=O) groups is 2. The molecular formula is C28H42ClN3O3. The molecule has 0 aliphatic rings. The van der Waals surface area contributed by atoms with Gasteiger partial charge in [-0.15, -0.1) is 0 Å². The van der Waals surface area contributed by atoms with E-state index in [0.717, 1.165) is 16.3 Å². The van der Waals surface area contributed by atoms with Gasteiger partial charge in [0.25, 0.3) is 0 Å². The second-order valence-electron chi connectivity index (χ2n) is 10.4. The molecule has 1 aromatic heterocycles. The molecule has 0 spiro atoms. The van der Waals surface area contributed by atoms with Crippen molar-refractivity contribution in [1.29, 1.82) is 0 Å². The van der Waals surface area contributed by atoms with Crippen molar-refractivity contribution in [3.05, 3.63) is 58.9 Å². The summed E-state index contributed by atoms with van der Waals surface area (Å²) in [5.74, 6) is 0.239. The predicted octanol–water partition coefficient (Wildman–Crippen LogP) is 5.48. The first-order valence-electron chi connectivity index (χ1n) is 12.5. The number of hydrogen-bond donors (Lipinski definition) is 0. The lowest BCUT2D eigenvalue weighted by molar-refractivity contribution is -0.146. The molecule has 0 saturated carbocycles. The second-order valence-corrected chi connectivity index (χ2v) is 10.8. The quantitative estimate of drug-likeness (QED) is 0.340. The summed E-state index contributed by atoms with van der Waals surface area (Å²) >= 11 is 6.38. The van der Waals surface area contributed by atoms with Crippen LogP contribution in [0.25, 0.3) is 0 Å². The van der Waals surface area contributed by atoms with E-state index in [-0.39, 0.29) is 18.4 Å². The Morgan fingerprint density at radius 3 is 2.43 bits per heavy atom. The highest BCUT2D eigenvalue weighted by atomic mass is 35.5. The highest BCUT2D eigenvalue weighted by Gasteiger charge is 2.30. The van der Waals surface area contributed by atoms with E-state index in [1.165, 1.54) is 0 Å². The van der Waals surface area contributed by atoms with Crippen LogP contribution in [0, 0.1) is 11.3 Å². The highest BCUT2D eigenvalue weighted by molar-refractivity contribution is 6.31. The van der Waals surface area contributed by atoms with E-state index in [1.807, 2.05) is 75.2 Å².